The van der Waals surface area contributed by atoms with E-state index >= 15 is 0 Å². The third kappa shape index (κ3) is 5.17. The quantitative estimate of drug-likeness (QED) is 0.117. The number of halogens is 4. The second-order valence-electron chi connectivity index (χ2n) is 6.88. The van der Waals surface area contributed by atoms with Gasteiger partial charge in [-0.2, -0.15) is 0 Å². The number of quaternary nitrogens is 1. The smallest absolute Gasteiger partial charge is 0.256 e. The number of carbonyl (C=O) groups excluding carboxylic acids is 1. The Morgan fingerprint density at radius 3 is 2.65 bits per heavy atom. The first-order valence-corrected chi connectivity index (χ1v) is 9.93. The lowest BCUT2D eigenvalue weighted by molar-refractivity contribution is -0.633. The molecule has 0 unspecified atom stereocenters. The van der Waals surface area contributed by atoms with Gasteiger partial charge >= 0.3 is 0 Å². The summed E-state index contributed by atoms with van der Waals surface area (Å²) in [5.74, 6) is -4.14. The van der Waals surface area contributed by atoms with Gasteiger partial charge in [0.05, 0.1) is 36.6 Å². The molecule has 166 valence electrons. The second kappa shape index (κ2) is 9.25. The van der Waals surface area contributed by atoms with E-state index in [2.05, 4.69) is 15.7 Å². The van der Waals surface area contributed by atoms with Gasteiger partial charge in [-0.15, -0.1) is 0 Å². The molecule has 0 atom stereocenters. The van der Waals surface area contributed by atoms with Crippen LogP contribution in [0, 0.1) is 26.2 Å². The van der Waals surface area contributed by atoms with E-state index in [0.717, 1.165) is 12.1 Å². The van der Waals surface area contributed by atoms with Crippen LogP contribution in [0.3, 0.4) is 0 Å². The van der Waals surface area contributed by atoms with Crippen molar-refractivity contribution >= 4 is 45.8 Å². The largest absolute Gasteiger partial charge is 0.609 e. The number of nitrogens with two attached hydrogens (primary N) is 2. The standard InChI is InChI=1S/C18H18F3IN6O3/c19-11-3-2-10(15(14(11)21)25-13-4-1-9(22)5-12(13)20)16(29)28-7-18(30,8-28)6-24-17(23)26-27-31/h1-5,25,30H,6-8,27H2,(H3,23,24,26). The summed E-state index contributed by atoms with van der Waals surface area (Å²) in [7, 11) is 0. The number of benzene rings is 2. The van der Waals surface area contributed by atoms with Crippen molar-refractivity contribution < 1.29 is 28.7 Å². The number of β-amino-alcohol motifs (C(OH)–C–C–N with tert-alkyl or cyclic N) is 1. The van der Waals surface area contributed by atoms with E-state index in [4.69, 9.17) is 5.73 Å². The second-order valence-corrected chi connectivity index (χ2v) is 8.13. The number of carbonyl (C=O) groups is 1. The van der Waals surface area contributed by atoms with Gasteiger partial charge in [-0.05, 0) is 52.9 Å². The third-order valence-electron chi connectivity index (χ3n) is 4.52. The number of aliphatic hydroxyl groups is 1. The summed E-state index contributed by atoms with van der Waals surface area (Å²) in [4.78, 5) is 17.8. The zero-order valence-electron chi connectivity index (χ0n) is 15.8. The van der Waals surface area contributed by atoms with Gasteiger partial charge in [0.25, 0.3) is 5.91 Å². The zero-order valence-corrected chi connectivity index (χ0v) is 18.0. The lowest BCUT2D eigenvalue weighted by atomic mass is 9.93. The highest BCUT2D eigenvalue weighted by Gasteiger charge is 2.44. The number of hydrogen-bond donors (Lipinski definition) is 5. The van der Waals surface area contributed by atoms with Crippen molar-refractivity contribution in [2.45, 2.75) is 5.60 Å². The Labute approximate surface area is 188 Å². The Morgan fingerprint density at radius 1 is 1.29 bits per heavy atom. The molecule has 1 aliphatic rings. The maximum Gasteiger partial charge on any atom is 0.256 e. The molecule has 0 bridgehead atoms. The Balaban J connectivity index is 1.79. The number of anilines is 2. The lowest BCUT2D eigenvalue weighted by Crippen LogP contribution is -2.89. The van der Waals surface area contributed by atoms with E-state index < -0.39 is 34.6 Å². The molecule has 0 spiro atoms. The minimum atomic E-state index is -1.39. The van der Waals surface area contributed by atoms with Crippen LogP contribution in [-0.4, -0.2) is 47.1 Å². The van der Waals surface area contributed by atoms with Crippen LogP contribution < -0.4 is 22.1 Å². The Kier molecular flexibility index (Phi) is 6.88. The molecule has 2 aromatic rings. The summed E-state index contributed by atoms with van der Waals surface area (Å²) in [5.41, 5.74) is 5.57. The molecule has 1 amide bonds. The molecule has 7 N–H and O–H groups in total. The number of guanidine groups is 1. The van der Waals surface area contributed by atoms with E-state index in [-0.39, 0.29) is 36.8 Å². The lowest BCUT2D eigenvalue weighted by Gasteiger charge is -2.45. The number of nitrogens with zero attached hydrogens (tertiary/aromatic N) is 2. The highest BCUT2D eigenvalue weighted by atomic mass is 127. The molecule has 0 saturated carbocycles. The fourth-order valence-electron chi connectivity index (χ4n) is 2.99. The fraction of sp³-hybridized carbons (Fsp3) is 0.222. The van der Waals surface area contributed by atoms with Gasteiger partial charge in [-0.3, -0.25) is 10.4 Å². The summed E-state index contributed by atoms with van der Waals surface area (Å²) in [5, 5.41) is 23.1. The van der Waals surface area contributed by atoms with Crippen LogP contribution in [0.5, 0.6) is 0 Å². The molecule has 0 aromatic heterocycles. The highest BCUT2D eigenvalue weighted by Crippen LogP contribution is 2.31. The van der Waals surface area contributed by atoms with Gasteiger partial charge in [0, 0.05) is 3.57 Å². The van der Waals surface area contributed by atoms with Crippen molar-refractivity contribution in [3.63, 3.8) is 0 Å². The number of likely N-dealkylation sites (tertiary alicyclic amines) is 1. The number of nitrogens with one attached hydrogen (secondary N) is 2. The average Bonchev–Trinajstić information content (AvgIpc) is 2.69. The molecule has 1 aliphatic heterocycles. The molecular weight excluding hydrogens is 532 g/mol. The van der Waals surface area contributed by atoms with Crippen LogP contribution >= 0.6 is 22.6 Å². The topological polar surface area (TPSA) is 143 Å². The molecule has 0 radical (unpaired) electrons. The van der Waals surface area contributed by atoms with Crippen molar-refractivity contribution in [2.75, 3.05) is 25.0 Å². The van der Waals surface area contributed by atoms with Crippen LogP contribution in [0.15, 0.2) is 35.3 Å². The summed E-state index contributed by atoms with van der Waals surface area (Å²) in [6.45, 7) is -0.486. The van der Waals surface area contributed by atoms with E-state index in [1.165, 1.54) is 17.0 Å². The maximum absolute atomic E-state index is 14.5. The third-order valence-corrected chi connectivity index (χ3v) is 5.20. The minimum absolute atomic E-state index is 0.133. The molecule has 1 saturated heterocycles. The fourth-order valence-corrected chi connectivity index (χ4v) is 3.45. The molecule has 2 aromatic carbocycles. The van der Waals surface area contributed by atoms with Crippen molar-refractivity contribution in [1.82, 2.24) is 10.3 Å². The number of hydrogen-bond acceptors (Lipinski definition) is 5. The first kappa shape index (κ1) is 23.1. The molecule has 1 heterocycles. The molecular formula is C18H18F3IN6O3. The normalized spacial score (nSPS) is 15.4. The van der Waals surface area contributed by atoms with Crippen molar-refractivity contribution in [2.24, 2.45) is 10.7 Å². The van der Waals surface area contributed by atoms with Gasteiger partial charge in [0.2, 0.25) is 5.96 Å². The molecule has 13 heteroatoms. The van der Waals surface area contributed by atoms with E-state index in [1.807, 2.05) is 22.6 Å². The molecule has 0 aliphatic carbocycles. The zero-order chi connectivity index (χ0) is 22.8. The summed E-state index contributed by atoms with van der Waals surface area (Å²) in [6, 6.07) is 5.97. The summed E-state index contributed by atoms with van der Waals surface area (Å²) >= 11 is 1.90. The highest BCUT2D eigenvalue weighted by molar-refractivity contribution is 14.1. The molecule has 3 rings (SSSR count). The van der Waals surface area contributed by atoms with E-state index in [9.17, 15) is 28.3 Å². The first-order chi connectivity index (χ1) is 14.6. The minimum Gasteiger partial charge on any atom is -0.609 e. The van der Waals surface area contributed by atoms with E-state index in [0.29, 0.717) is 9.16 Å². The van der Waals surface area contributed by atoms with Crippen molar-refractivity contribution in [3.8, 4) is 0 Å². The monoisotopic (exact) mass is 550 g/mol. The van der Waals surface area contributed by atoms with Crippen LogP contribution in [0.2, 0.25) is 0 Å². The maximum atomic E-state index is 14.5. The number of aliphatic imine (C=N–C) groups is 1. The van der Waals surface area contributed by atoms with Gasteiger partial charge in [0.15, 0.2) is 11.6 Å². The van der Waals surface area contributed by atoms with Crippen LogP contribution in [-0.2, 0) is 0 Å². The Bertz CT molecular complexity index is 1030. The van der Waals surface area contributed by atoms with Crippen molar-refractivity contribution in [3.05, 3.63) is 62.1 Å². The van der Waals surface area contributed by atoms with Gasteiger partial charge in [0.1, 0.15) is 11.4 Å². The Hall–Kier alpha value is -2.62. The first-order valence-electron chi connectivity index (χ1n) is 8.85. The van der Waals surface area contributed by atoms with E-state index in [1.54, 1.807) is 6.07 Å². The summed E-state index contributed by atoms with van der Waals surface area (Å²) in [6.07, 6.45) is 0. The van der Waals surface area contributed by atoms with Crippen LogP contribution in [0.25, 0.3) is 0 Å². The predicted octanol–water partition coefficient (Wildman–Crippen LogP) is 0.519. The Morgan fingerprint density at radius 2 is 2.00 bits per heavy atom. The van der Waals surface area contributed by atoms with Crippen LogP contribution in [0.4, 0.5) is 24.5 Å². The van der Waals surface area contributed by atoms with Crippen LogP contribution in [0.1, 0.15) is 10.4 Å². The molecule has 1 fully saturated rings. The number of rotatable bonds is 6. The van der Waals surface area contributed by atoms with Crippen molar-refractivity contribution in [1.29, 1.82) is 0 Å². The average molecular weight is 550 g/mol. The van der Waals surface area contributed by atoms with Gasteiger partial charge in [-0.25, -0.2) is 23.6 Å². The molecule has 31 heavy (non-hydrogen) atoms. The SMILES string of the molecule is NC(=NCC1(O)CN(C(=O)c2ccc(F)c(F)c2Nc2ccc(I)cc2F)C1)N[NH2+][O-]. The summed E-state index contributed by atoms with van der Waals surface area (Å²) < 4.78 is 43.1. The molecule has 9 nitrogen and oxygen atoms in total. The number of amides is 1. The van der Waals surface area contributed by atoms with Gasteiger partial charge in [-0.1, -0.05) is 0 Å². The predicted molar refractivity (Wildman–Crippen MR) is 115 cm³/mol. The van der Waals surface area contributed by atoms with Gasteiger partial charge < -0.3 is 26.3 Å².